The van der Waals surface area contributed by atoms with Gasteiger partial charge in [0.15, 0.2) is 11.6 Å². The Morgan fingerprint density at radius 2 is 1.59 bits per heavy atom. The monoisotopic (exact) mass is 402 g/mol. The molecule has 1 atom stereocenters. The highest BCUT2D eigenvalue weighted by Crippen LogP contribution is 2.49. The molecular formula is C23H27ClO2S. The molecule has 1 aromatic carbocycles. The van der Waals surface area contributed by atoms with Gasteiger partial charge in [-0.25, -0.2) is 0 Å². The fraction of sp³-hybridized carbons (Fsp3) is 0.478. The molecule has 2 aliphatic rings. The minimum absolute atomic E-state index is 0.0406. The molecule has 1 unspecified atom stereocenters. The molecule has 0 N–H and O–H groups in total. The maximum absolute atomic E-state index is 13.3. The summed E-state index contributed by atoms with van der Waals surface area (Å²) in [5.74, 6) is -0.330. The molecule has 0 spiro atoms. The van der Waals surface area contributed by atoms with Crippen molar-refractivity contribution in [3.05, 3.63) is 52.6 Å². The molecule has 0 amide bonds. The molecule has 0 radical (unpaired) electrons. The Labute approximate surface area is 171 Å². The third kappa shape index (κ3) is 3.82. The fourth-order valence-corrected chi connectivity index (χ4v) is 6.02. The van der Waals surface area contributed by atoms with Crippen LogP contribution in [0.25, 0.3) is 5.57 Å². The molecule has 1 aromatic rings. The molecule has 1 fully saturated rings. The van der Waals surface area contributed by atoms with Gasteiger partial charge in [-0.3, -0.25) is 9.59 Å². The van der Waals surface area contributed by atoms with Crippen LogP contribution in [-0.4, -0.2) is 21.1 Å². The van der Waals surface area contributed by atoms with Gasteiger partial charge < -0.3 is 0 Å². The predicted molar refractivity (Wildman–Crippen MR) is 115 cm³/mol. The third-order valence-corrected chi connectivity index (χ3v) is 7.32. The van der Waals surface area contributed by atoms with Crippen molar-refractivity contribution in [1.82, 2.24) is 0 Å². The van der Waals surface area contributed by atoms with Gasteiger partial charge in [-0.05, 0) is 75.3 Å². The number of rotatable bonds is 3. The molecule has 3 rings (SSSR count). The summed E-state index contributed by atoms with van der Waals surface area (Å²) < 4.78 is -1.13. The summed E-state index contributed by atoms with van der Waals surface area (Å²) in [6, 6.07) is 7.72. The topological polar surface area (TPSA) is 34.1 Å². The number of ketones is 2. The van der Waals surface area contributed by atoms with Gasteiger partial charge in [-0.2, -0.15) is 0 Å². The van der Waals surface area contributed by atoms with E-state index in [1.807, 2.05) is 52.0 Å². The van der Waals surface area contributed by atoms with E-state index in [4.69, 9.17) is 11.6 Å². The minimum Gasteiger partial charge on any atom is -0.297 e. The Hall–Kier alpha value is -1.32. The first-order valence-corrected chi connectivity index (χ1v) is 10.7. The number of Topliss-reactive ketones (excluding diaryl/α,β-unsaturated/α-hetero) is 2. The summed E-state index contributed by atoms with van der Waals surface area (Å²) in [6.07, 6.45) is 6.07. The van der Waals surface area contributed by atoms with Gasteiger partial charge in [-0.1, -0.05) is 42.8 Å². The Bertz CT molecular complexity index is 804. The zero-order valence-electron chi connectivity index (χ0n) is 16.6. The maximum Gasteiger partial charge on any atom is 0.162 e. The molecule has 27 heavy (non-hydrogen) atoms. The summed E-state index contributed by atoms with van der Waals surface area (Å²) in [4.78, 5) is 26.5. The minimum atomic E-state index is -0.641. The standard InChI is InChI=1S/C23H27ClO2S/c1-6-14-7-8-16(15-9-11-17(24)12-10-15)13-18(14)19-20(25)22(2,3)27-23(4,5)21(19)26/h8-14,19H,6-7H2,1-5H3. The number of carbonyl (C=O) groups excluding carboxylic acids is 2. The van der Waals surface area contributed by atoms with Crippen LogP contribution < -0.4 is 0 Å². The molecule has 144 valence electrons. The van der Waals surface area contributed by atoms with Crippen LogP contribution in [0.15, 0.2) is 42.0 Å². The number of thioether (sulfide) groups is 1. The number of benzene rings is 1. The van der Waals surface area contributed by atoms with Gasteiger partial charge >= 0.3 is 0 Å². The summed E-state index contributed by atoms with van der Waals surface area (Å²) in [5, 5.41) is 0.698. The Morgan fingerprint density at radius 3 is 2.11 bits per heavy atom. The van der Waals surface area contributed by atoms with E-state index in [1.165, 1.54) is 11.8 Å². The van der Waals surface area contributed by atoms with E-state index in [9.17, 15) is 9.59 Å². The molecule has 1 aliphatic heterocycles. The molecule has 2 nitrogen and oxygen atoms in total. The lowest BCUT2D eigenvalue weighted by Gasteiger charge is -2.44. The van der Waals surface area contributed by atoms with E-state index in [0.29, 0.717) is 5.02 Å². The predicted octanol–water partition coefficient (Wildman–Crippen LogP) is 6.14. The number of halogens is 1. The number of hydrogen-bond acceptors (Lipinski definition) is 3. The third-order valence-electron chi connectivity index (χ3n) is 5.64. The van der Waals surface area contributed by atoms with Crippen LogP contribution in [-0.2, 0) is 9.59 Å². The van der Waals surface area contributed by atoms with Gasteiger partial charge in [-0.15, -0.1) is 11.8 Å². The van der Waals surface area contributed by atoms with Crippen molar-refractivity contribution in [2.24, 2.45) is 11.8 Å². The van der Waals surface area contributed by atoms with Crippen LogP contribution >= 0.6 is 23.4 Å². The van der Waals surface area contributed by atoms with E-state index in [0.717, 1.165) is 29.6 Å². The summed E-state index contributed by atoms with van der Waals surface area (Å²) in [6.45, 7) is 9.91. The first-order valence-electron chi connectivity index (χ1n) is 9.53. The molecule has 1 aliphatic carbocycles. The van der Waals surface area contributed by atoms with E-state index >= 15 is 0 Å². The highest BCUT2D eigenvalue weighted by molar-refractivity contribution is 8.03. The smallest absolute Gasteiger partial charge is 0.162 e. The molecule has 0 bridgehead atoms. The van der Waals surface area contributed by atoms with Crippen molar-refractivity contribution in [3.8, 4) is 0 Å². The molecular weight excluding hydrogens is 376 g/mol. The quantitative estimate of drug-likeness (QED) is 0.569. The fourth-order valence-electron chi connectivity index (χ4n) is 4.18. The lowest BCUT2D eigenvalue weighted by atomic mass is 9.71. The van der Waals surface area contributed by atoms with Crippen LogP contribution in [0.1, 0.15) is 53.0 Å². The number of allylic oxidation sites excluding steroid dienone is 4. The number of carbonyl (C=O) groups is 2. The Morgan fingerprint density at radius 1 is 1.04 bits per heavy atom. The van der Waals surface area contributed by atoms with Crippen LogP contribution in [0.2, 0.25) is 5.02 Å². The highest BCUT2D eigenvalue weighted by atomic mass is 35.5. The van der Waals surface area contributed by atoms with Gasteiger partial charge in [0, 0.05) is 5.02 Å². The van der Waals surface area contributed by atoms with Crippen molar-refractivity contribution in [2.45, 2.75) is 57.0 Å². The largest absolute Gasteiger partial charge is 0.297 e. The molecule has 4 heteroatoms. The average molecular weight is 403 g/mol. The van der Waals surface area contributed by atoms with Gasteiger partial charge in [0.25, 0.3) is 0 Å². The highest BCUT2D eigenvalue weighted by Gasteiger charge is 2.53. The second-order valence-electron chi connectivity index (χ2n) is 8.44. The van der Waals surface area contributed by atoms with Crippen LogP contribution in [0.3, 0.4) is 0 Å². The van der Waals surface area contributed by atoms with Crippen molar-refractivity contribution in [2.75, 3.05) is 0 Å². The van der Waals surface area contributed by atoms with Gasteiger partial charge in [0.1, 0.15) is 5.92 Å². The summed E-state index contributed by atoms with van der Waals surface area (Å²) in [5.41, 5.74) is 3.12. The normalized spacial score (nSPS) is 25.2. The van der Waals surface area contributed by atoms with Gasteiger partial charge in [0.2, 0.25) is 0 Å². The second kappa shape index (κ2) is 7.25. The lowest BCUT2D eigenvalue weighted by molar-refractivity contribution is -0.134. The van der Waals surface area contributed by atoms with Crippen molar-refractivity contribution in [1.29, 1.82) is 0 Å². The van der Waals surface area contributed by atoms with Crippen LogP contribution in [0.4, 0.5) is 0 Å². The average Bonchev–Trinajstić information content (AvgIpc) is 2.60. The zero-order valence-corrected chi connectivity index (χ0v) is 18.2. The summed E-state index contributed by atoms with van der Waals surface area (Å²) in [7, 11) is 0. The van der Waals surface area contributed by atoms with E-state index in [2.05, 4.69) is 19.1 Å². The van der Waals surface area contributed by atoms with E-state index in [1.54, 1.807) is 0 Å². The Kier molecular flexibility index (Phi) is 5.48. The SMILES string of the molecule is CCC1CC=C(c2ccc(Cl)cc2)C=C1C1C(=O)C(C)(C)SC(C)(C)C1=O. The van der Waals surface area contributed by atoms with E-state index < -0.39 is 15.4 Å². The second-order valence-corrected chi connectivity index (χ2v) is 11.1. The zero-order chi connectivity index (χ0) is 20.0. The first kappa shape index (κ1) is 20.4. The maximum atomic E-state index is 13.3. The molecule has 0 aromatic heterocycles. The Balaban J connectivity index is 2.07. The first-order chi connectivity index (χ1) is 12.6. The molecule has 1 saturated heterocycles. The summed E-state index contributed by atoms with van der Waals surface area (Å²) >= 11 is 7.50. The van der Waals surface area contributed by atoms with E-state index in [-0.39, 0.29) is 17.5 Å². The van der Waals surface area contributed by atoms with Gasteiger partial charge in [0.05, 0.1) is 9.49 Å². The van der Waals surface area contributed by atoms with Crippen molar-refractivity contribution in [3.63, 3.8) is 0 Å². The van der Waals surface area contributed by atoms with Crippen LogP contribution in [0, 0.1) is 11.8 Å². The van der Waals surface area contributed by atoms with Crippen molar-refractivity contribution < 1.29 is 9.59 Å². The molecule has 1 heterocycles. The lowest BCUT2D eigenvalue weighted by Crippen LogP contribution is -2.53. The van der Waals surface area contributed by atoms with Crippen molar-refractivity contribution >= 4 is 40.5 Å². The number of hydrogen-bond donors (Lipinski definition) is 0. The molecule has 0 saturated carbocycles. The van der Waals surface area contributed by atoms with Crippen LogP contribution in [0.5, 0.6) is 0 Å².